The van der Waals surface area contributed by atoms with Crippen LogP contribution in [0.3, 0.4) is 0 Å². The van der Waals surface area contributed by atoms with E-state index in [4.69, 9.17) is 9.47 Å². The van der Waals surface area contributed by atoms with Crippen molar-refractivity contribution in [1.82, 2.24) is 0 Å². The number of halogens is 1. The molecule has 0 bridgehead atoms. The summed E-state index contributed by atoms with van der Waals surface area (Å²) >= 11 is 3.58. The average Bonchev–Trinajstić information content (AvgIpc) is 2.60. The Kier molecular flexibility index (Phi) is 7.19. The Morgan fingerprint density at radius 1 is 1.08 bits per heavy atom. The molecule has 0 atom stereocenters. The lowest BCUT2D eigenvalue weighted by molar-refractivity contribution is 0.295. The first-order chi connectivity index (χ1) is 11.7. The third-order valence-corrected chi connectivity index (χ3v) is 4.16. The van der Waals surface area contributed by atoms with Crippen LogP contribution in [0.2, 0.25) is 0 Å². The molecule has 0 spiro atoms. The normalized spacial score (nSPS) is 10.3. The van der Waals surface area contributed by atoms with Gasteiger partial charge >= 0.3 is 0 Å². The molecule has 0 heterocycles. The summed E-state index contributed by atoms with van der Waals surface area (Å²) in [5.41, 5.74) is 3.56. The molecule has 2 rings (SSSR count). The smallest absolute Gasteiger partial charge is 0.175 e. The number of benzene rings is 2. The SMILES string of the molecule is C=CCOc1c(Br)cc(CNc2ccc(CC)cc2)cc1OCC. The fourth-order valence-corrected chi connectivity index (χ4v) is 2.94. The van der Waals surface area contributed by atoms with Crippen molar-refractivity contribution in [2.24, 2.45) is 0 Å². The maximum Gasteiger partial charge on any atom is 0.175 e. The average molecular weight is 390 g/mol. The van der Waals surface area contributed by atoms with Gasteiger partial charge in [0.25, 0.3) is 0 Å². The third-order valence-electron chi connectivity index (χ3n) is 3.57. The van der Waals surface area contributed by atoms with Gasteiger partial charge in [0, 0.05) is 12.2 Å². The number of nitrogens with one attached hydrogen (secondary N) is 1. The van der Waals surface area contributed by atoms with E-state index in [9.17, 15) is 0 Å². The summed E-state index contributed by atoms with van der Waals surface area (Å²) in [6.07, 6.45) is 2.77. The minimum Gasteiger partial charge on any atom is -0.490 e. The van der Waals surface area contributed by atoms with Gasteiger partial charge in [-0.1, -0.05) is 31.7 Å². The standard InChI is InChI=1S/C20H24BrNO2/c1-4-11-24-20-18(21)12-16(13-19(20)23-6-3)14-22-17-9-7-15(5-2)8-10-17/h4,7-10,12-13,22H,1,5-6,11,14H2,2-3H3. The van der Waals surface area contributed by atoms with E-state index >= 15 is 0 Å². The van der Waals surface area contributed by atoms with Gasteiger partial charge in [-0.2, -0.15) is 0 Å². The predicted octanol–water partition coefficient (Wildman–Crippen LogP) is 5.59. The summed E-state index contributed by atoms with van der Waals surface area (Å²) in [5.74, 6) is 1.46. The maximum atomic E-state index is 5.72. The molecular formula is C20H24BrNO2. The molecular weight excluding hydrogens is 366 g/mol. The zero-order valence-corrected chi connectivity index (χ0v) is 15.9. The molecule has 3 nitrogen and oxygen atoms in total. The lowest BCUT2D eigenvalue weighted by Gasteiger charge is -2.15. The quantitative estimate of drug-likeness (QED) is 0.567. The fourth-order valence-electron chi connectivity index (χ4n) is 2.33. The Labute approximate surface area is 152 Å². The maximum absolute atomic E-state index is 5.72. The topological polar surface area (TPSA) is 30.5 Å². The Hall–Kier alpha value is -1.94. The second-order valence-corrected chi connectivity index (χ2v) is 6.20. The molecule has 0 fully saturated rings. The number of rotatable bonds is 9. The van der Waals surface area contributed by atoms with Gasteiger partial charge in [-0.15, -0.1) is 0 Å². The largest absolute Gasteiger partial charge is 0.490 e. The highest BCUT2D eigenvalue weighted by atomic mass is 79.9. The van der Waals surface area contributed by atoms with Crippen LogP contribution in [0.4, 0.5) is 5.69 Å². The highest BCUT2D eigenvalue weighted by Gasteiger charge is 2.12. The van der Waals surface area contributed by atoms with Gasteiger partial charge in [-0.25, -0.2) is 0 Å². The van der Waals surface area contributed by atoms with Gasteiger partial charge in [0.05, 0.1) is 11.1 Å². The lowest BCUT2D eigenvalue weighted by atomic mass is 10.1. The van der Waals surface area contributed by atoms with Gasteiger partial charge in [-0.05, 0) is 64.7 Å². The van der Waals surface area contributed by atoms with Crippen molar-refractivity contribution < 1.29 is 9.47 Å². The van der Waals surface area contributed by atoms with E-state index in [-0.39, 0.29) is 0 Å². The Bertz CT molecular complexity index is 668. The minimum atomic E-state index is 0.444. The molecule has 0 unspecified atom stereocenters. The minimum absolute atomic E-state index is 0.444. The van der Waals surface area contributed by atoms with Crippen LogP contribution in [0.1, 0.15) is 25.0 Å². The Balaban J connectivity index is 2.12. The third kappa shape index (κ3) is 5.03. The summed E-state index contributed by atoms with van der Waals surface area (Å²) in [5, 5.41) is 3.44. The predicted molar refractivity (Wildman–Crippen MR) is 104 cm³/mol. The van der Waals surface area contributed by atoms with Gasteiger partial charge in [0.1, 0.15) is 6.61 Å². The number of hydrogen-bond acceptors (Lipinski definition) is 3. The molecule has 0 radical (unpaired) electrons. The second-order valence-electron chi connectivity index (χ2n) is 5.34. The van der Waals surface area contributed by atoms with Crippen molar-refractivity contribution in [2.45, 2.75) is 26.8 Å². The van der Waals surface area contributed by atoms with Crippen molar-refractivity contribution in [3.05, 3.63) is 64.7 Å². The molecule has 0 aromatic heterocycles. The van der Waals surface area contributed by atoms with Crippen LogP contribution in [-0.4, -0.2) is 13.2 Å². The van der Waals surface area contributed by atoms with E-state index in [0.29, 0.717) is 25.5 Å². The molecule has 4 heteroatoms. The van der Waals surface area contributed by atoms with Crippen LogP contribution in [0, 0.1) is 0 Å². The molecule has 2 aromatic carbocycles. The van der Waals surface area contributed by atoms with Crippen molar-refractivity contribution in [3.8, 4) is 11.5 Å². The highest BCUT2D eigenvalue weighted by molar-refractivity contribution is 9.10. The number of ether oxygens (including phenoxy) is 2. The van der Waals surface area contributed by atoms with Crippen molar-refractivity contribution in [2.75, 3.05) is 18.5 Å². The Morgan fingerprint density at radius 3 is 2.46 bits per heavy atom. The molecule has 0 aliphatic carbocycles. The monoisotopic (exact) mass is 389 g/mol. The van der Waals surface area contributed by atoms with E-state index in [0.717, 1.165) is 27.9 Å². The van der Waals surface area contributed by atoms with E-state index in [1.165, 1.54) is 5.56 Å². The van der Waals surface area contributed by atoms with E-state index in [1.807, 2.05) is 19.1 Å². The molecule has 0 saturated heterocycles. The molecule has 0 amide bonds. The van der Waals surface area contributed by atoms with Crippen LogP contribution in [0.15, 0.2) is 53.5 Å². The molecule has 0 aliphatic heterocycles. The molecule has 24 heavy (non-hydrogen) atoms. The zero-order valence-electron chi connectivity index (χ0n) is 14.3. The molecule has 2 aromatic rings. The van der Waals surface area contributed by atoms with Crippen molar-refractivity contribution in [1.29, 1.82) is 0 Å². The molecule has 128 valence electrons. The summed E-state index contributed by atoms with van der Waals surface area (Å²) < 4.78 is 12.3. The van der Waals surface area contributed by atoms with E-state index in [2.05, 4.69) is 59.0 Å². The number of aryl methyl sites for hydroxylation is 1. The summed E-state index contributed by atoms with van der Waals surface area (Å²) in [4.78, 5) is 0. The summed E-state index contributed by atoms with van der Waals surface area (Å²) in [6.45, 7) is 9.55. The first kappa shape index (κ1) is 18.4. The van der Waals surface area contributed by atoms with Crippen LogP contribution < -0.4 is 14.8 Å². The summed E-state index contributed by atoms with van der Waals surface area (Å²) in [7, 11) is 0. The lowest BCUT2D eigenvalue weighted by Crippen LogP contribution is -2.04. The molecule has 0 aliphatic rings. The highest BCUT2D eigenvalue weighted by Crippen LogP contribution is 2.37. The zero-order chi connectivity index (χ0) is 17.4. The van der Waals surface area contributed by atoms with Gasteiger partial charge < -0.3 is 14.8 Å². The van der Waals surface area contributed by atoms with E-state index in [1.54, 1.807) is 6.08 Å². The second kappa shape index (κ2) is 9.38. The summed E-state index contributed by atoms with van der Waals surface area (Å²) in [6, 6.07) is 12.6. The van der Waals surface area contributed by atoms with Gasteiger partial charge in [0.2, 0.25) is 0 Å². The first-order valence-corrected chi connectivity index (χ1v) is 8.99. The van der Waals surface area contributed by atoms with Gasteiger partial charge in [0.15, 0.2) is 11.5 Å². The number of anilines is 1. The van der Waals surface area contributed by atoms with Crippen LogP contribution >= 0.6 is 15.9 Å². The van der Waals surface area contributed by atoms with Crippen molar-refractivity contribution >= 4 is 21.6 Å². The molecule has 0 saturated carbocycles. The van der Waals surface area contributed by atoms with Crippen molar-refractivity contribution in [3.63, 3.8) is 0 Å². The first-order valence-electron chi connectivity index (χ1n) is 8.19. The van der Waals surface area contributed by atoms with Crippen LogP contribution in [0.5, 0.6) is 11.5 Å². The number of hydrogen-bond donors (Lipinski definition) is 1. The fraction of sp³-hybridized carbons (Fsp3) is 0.300. The van der Waals surface area contributed by atoms with Crippen LogP contribution in [-0.2, 0) is 13.0 Å². The van der Waals surface area contributed by atoms with E-state index < -0.39 is 0 Å². The molecule has 1 N–H and O–H groups in total. The van der Waals surface area contributed by atoms with Crippen LogP contribution in [0.25, 0.3) is 0 Å². The Morgan fingerprint density at radius 2 is 1.83 bits per heavy atom. The van der Waals surface area contributed by atoms with Gasteiger partial charge in [-0.3, -0.25) is 0 Å².